The highest BCUT2D eigenvalue weighted by atomic mass is 35.5. The lowest BCUT2D eigenvalue weighted by Gasteiger charge is -2.18. The van der Waals surface area contributed by atoms with Gasteiger partial charge in [-0.1, -0.05) is 41.9 Å². The second kappa shape index (κ2) is 10.5. The van der Waals surface area contributed by atoms with Crippen LogP contribution in [0, 0.1) is 0 Å². The van der Waals surface area contributed by atoms with Crippen molar-refractivity contribution in [2.24, 2.45) is 0 Å². The van der Waals surface area contributed by atoms with Crippen molar-refractivity contribution in [1.29, 1.82) is 0 Å². The fourth-order valence-corrected chi connectivity index (χ4v) is 6.05. The van der Waals surface area contributed by atoms with E-state index in [4.69, 9.17) is 21.2 Å². The van der Waals surface area contributed by atoms with Crippen molar-refractivity contribution in [3.05, 3.63) is 53.3 Å². The number of benzene rings is 1. The van der Waals surface area contributed by atoms with Gasteiger partial charge >= 0.3 is 15.4 Å². The molecule has 2 aromatic heterocycles. The molecule has 196 valence electrons. The molecule has 1 aliphatic rings. The van der Waals surface area contributed by atoms with Crippen LogP contribution in [-0.2, 0) is 22.7 Å². The fourth-order valence-electron chi connectivity index (χ4n) is 3.80. The van der Waals surface area contributed by atoms with Gasteiger partial charge in [0, 0.05) is 12.7 Å². The standard InChI is InChI=1S/C20H25ClN4O9P2/c1-11(12-6-4-3-5-7-12)23-14-8-16(21)24-19-13(14)9-22-25(19)20-18(27)17(26)15(33-20)10-32-36(30,31)34-35(2,28)29/h3-9,11,15,17-18,20,26-27H,10H2,1-2H3,(H,23,24)(H,28,29)(H,30,31)/t11-,15+,17+,18+,20+/m0/s1. The van der Waals surface area contributed by atoms with Gasteiger partial charge in [0.2, 0.25) is 0 Å². The number of aromatic nitrogens is 3. The molecule has 1 aromatic carbocycles. The summed E-state index contributed by atoms with van der Waals surface area (Å²) in [6, 6.07) is 11.3. The molecule has 0 bridgehead atoms. The van der Waals surface area contributed by atoms with E-state index in [1.165, 1.54) is 10.9 Å². The fraction of sp³-hybridized carbons (Fsp3) is 0.400. The van der Waals surface area contributed by atoms with E-state index >= 15 is 0 Å². The number of hydrogen-bond acceptors (Lipinski definition) is 10. The van der Waals surface area contributed by atoms with Gasteiger partial charge in [-0.15, -0.1) is 0 Å². The van der Waals surface area contributed by atoms with E-state index in [1.54, 1.807) is 6.07 Å². The number of aliphatic hydroxyl groups excluding tert-OH is 2. The minimum absolute atomic E-state index is 0.0818. The molecule has 2 unspecified atom stereocenters. The van der Waals surface area contributed by atoms with E-state index < -0.39 is 46.6 Å². The minimum atomic E-state index is -4.93. The molecule has 0 spiro atoms. The third-order valence-corrected chi connectivity index (χ3v) is 8.15. The summed E-state index contributed by atoms with van der Waals surface area (Å²) in [4.78, 5) is 23.0. The predicted octanol–water partition coefficient (Wildman–Crippen LogP) is 2.83. The summed E-state index contributed by atoms with van der Waals surface area (Å²) in [5.74, 6) is 0. The molecule has 36 heavy (non-hydrogen) atoms. The SMILES string of the molecule is C[C@H](Nc1cc(Cl)nc2c1cnn2[C@@H]1O[C@H](COP(=O)(O)OP(C)(=O)O)[C@@H](O)[C@H]1O)c1ccccc1. The van der Waals surface area contributed by atoms with E-state index in [1.807, 2.05) is 37.3 Å². The third kappa shape index (κ3) is 6.15. The Balaban J connectivity index is 1.55. The van der Waals surface area contributed by atoms with Crippen LogP contribution in [0.15, 0.2) is 42.6 Å². The van der Waals surface area contributed by atoms with Gasteiger partial charge in [-0.3, -0.25) is 9.09 Å². The van der Waals surface area contributed by atoms with Gasteiger partial charge in [0.05, 0.1) is 23.9 Å². The number of nitrogens with one attached hydrogen (secondary N) is 1. The van der Waals surface area contributed by atoms with E-state index in [-0.39, 0.29) is 16.8 Å². The molecule has 7 atom stereocenters. The molecule has 1 fully saturated rings. The summed E-state index contributed by atoms with van der Waals surface area (Å²) in [5, 5.41) is 29.3. The van der Waals surface area contributed by atoms with Crippen molar-refractivity contribution in [3.8, 4) is 0 Å². The van der Waals surface area contributed by atoms with Gasteiger partial charge in [0.1, 0.15) is 23.5 Å². The van der Waals surface area contributed by atoms with Crippen molar-refractivity contribution >= 4 is 43.7 Å². The highest BCUT2D eigenvalue weighted by Crippen LogP contribution is 2.58. The zero-order chi connectivity index (χ0) is 26.3. The first-order valence-electron chi connectivity index (χ1n) is 10.7. The summed E-state index contributed by atoms with van der Waals surface area (Å²) >= 11 is 6.25. The monoisotopic (exact) mass is 562 g/mol. The van der Waals surface area contributed by atoms with Gasteiger partial charge in [-0.2, -0.15) is 5.10 Å². The predicted molar refractivity (Wildman–Crippen MR) is 130 cm³/mol. The van der Waals surface area contributed by atoms with Crippen LogP contribution in [0.5, 0.6) is 0 Å². The molecule has 16 heteroatoms. The number of rotatable bonds is 9. The average molecular weight is 563 g/mol. The Morgan fingerprint density at radius 1 is 1.22 bits per heavy atom. The quantitative estimate of drug-likeness (QED) is 0.190. The minimum Gasteiger partial charge on any atom is -0.387 e. The maximum absolute atomic E-state index is 11.9. The number of pyridine rings is 1. The third-order valence-electron chi connectivity index (χ3n) is 5.44. The van der Waals surface area contributed by atoms with Crippen molar-refractivity contribution in [2.75, 3.05) is 18.6 Å². The molecule has 5 N–H and O–H groups in total. The molecular formula is C20H25ClN4O9P2. The lowest BCUT2D eigenvalue weighted by Crippen LogP contribution is -2.33. The Hall–Kier alpha value is -1.89. The Kier molecular flexibility index (Phi) is 7.89. The van der Waals surface area contributed by atoms with Crippen LogP contribution in [0.4, 0.5) is 5.69 Å². The lowest BCUT2D eigenvalue weighted by molar-refractivity contribution is -0.0557. The number of aliphatic hydroxyl groups is 2. The van der Waals surface area contributed by atoms with Crippen LogP contribution in [0.25, 0.3) is 11.0 Å². The molecular weight excluding hydrogens is 538 g/mol. The Morgan fingerprint density at radius 3 is 2.58 bits per heavy atom. The molecule has 4 rings (SSSR count). The van der Waals surface area contributed by atoms with E-state index in [0.29, 0.717) is 17.7 Å². The number of phosphoric acid groups is 1. The van der Waals surface area contributed by atoms with Crippen LogP contribution in [0.3, 0.4) is 0 Å². The number of nitrogens with zero attached hydrogens (tertiary/aromatic N) is 3. The topological polar surface area (TPSA) is 185 Å². The summed E-state index contributed by atoms with van der Waals surface area (Å²) in [6.45, 7) is 1.96. The highest BCUT2D eigenvalue weighted by molar-refractivity contribution is 7.63. The smallest absolute Gasteiger partial charge is 0.387 e. The summed E-state index contributed by atoms with van der Waals surface area (Å²) < 4.78 is 38.8. The van der Waals surface area contributed by atoms with Gasteiger partial charge in [0.25, 0.3) is 0 Å². The normalized spacial score (nSPS) is 26.4. The van der Waals surface area contributed by atoms with E-state index in [9.17, 15) is 24.2 Å². The maximum atomic E-state index is 11.9. The van der Waals surface area contributed by atoms with Crippen LogP contribution < -0.4 is 5.32 Å². The van der Waals surface area contributed by atoms with Crippen LogP contribution in [-0.4, -0.2) is 66.3 Å². The van der Waals surface area contributed by atoms with Crippen molar-refractivity contribution < 1.29 is 42.7 Å². The maximum Gasteiger partial charge on any atom is 0.479 e. The van der Waals surface area contributed by atoms with Crippen LogP contribution >= 0.6 is 27.0 Å². The van der Waals surface area contributed by atoms with Crippen molar-refractivity contribution in [3.63, 3.8) is 0 Å². The first kappa shape index (κ1) is 27.2. The number of fused-ring (bicyclic) bond motifs is 1. The number of anilines is 1. The molecule has 0 radical (unpaired) electrons. The molecule has 0 saturated carbocycles. The van der Waals surface area contributed by atoms with Crippen LogP contribution in [0.2, 0.25) is 5.15 Å². The summed E-state index contributed by atoms with van der Waals surface area (Å²) in [7, 11) is -9.26. The summed E-state index contributed by atoms with van der Waals surface area (Å²) in [5.41, 5.74) is 1.93. The van der Waals surface area contributed by atoms with Crippen molar-refractivity contribution in [1.82, 2.24) is 14.8 Å². The first-order valence-corrected chi connectivity index (χ1v) is 14.6. The number of halogens is 1. The second-order valence-corrected chi connectivity index (χ2v) is 12.1. The molecule has 3 aromatic rings. The number of ether oxygens (including phenoxy) is 1. The molecule has 1 aliphatic heterocycles. The van der Waals surface area contributed by atoms with Crippen molar-refractivity contribution in [2.45, 2.75) is 37.5 Å². The van der Waals surface area contributed by atoms with E-state index in [2.05, 4.69) is 24.2 Å². The number of phosphoric ester groups is 1. The Bertz CT molecular complexity index is 1320. The van der Waals surface area contributed by atoms with E-state index in [0.717, 1.165) is 5.56 Å². The van der Waals surface area contributed by atoms with Gasteiger partial charge in [0.15, 0.2) is 11.9 Å². The zero-order valence-corrected chi connectivity index (χ0v) is 21.6. The van der Waals surface area contributed by atoms with Gasteiger partial charge < -0.3 is 30.1 Å². The van der Waals surface area contributed by atoms with Crippen LogP contribution in [0.1, 0.15) is 24.8 Å². The Morgan fingerprint density at radius 2 is 1.92 bits per heavy atom. The van der Waals surface area contributed by atoms with Gasteiger partial charge in [-0.25, -0.2) is 18.5 Å². The number of hydrogen-bond donors (Lipinski definition) is 5. The molecule has 1 saturated heterocycles. The molecule has 0 amide bonds. The average Bonchev–Trinajstić information content (AvgIpc) is 3.32. The largest absolute Gasteiger partial charge is 0.479 e. The van der Waals surface area contributed by atoms with Gasteiger partial charge in [-0.05, 0) is 18.6 Å². The summed E-state index contributed by atoms with van der Waals surface area (Å²) in [6.07, 6.45) is -4.10. The highest BCUT2D eigenvalue weighted by Gasteiger charge is 2.46. The Labute approximate surface area is 210 Å². The lowest BCUT2D eigenvalue weighted by atomic mass is 10.1. The zero-order valence-electron chi connectivity index (χ0n) is 19.1. The molecule has 3 heterocycles. The molecule has 0 aliphatic carbocycles. The molecule has 13 nitrogen and oxygen atoms in total. The second-order valence-electron chi connectivity index (χ2n) is 8.29. The first-order chi connectivity index (χ1) is 16.8.